The lowest BCUT2D eigenvalue weighted by Crippen LogP contribution is -2.05. The Bertz CT molecular complexity index is 90.2. The van der Waals surface area contributed by atoms with E-state index < -0.39 is 0 Å². The lowest BCUT2D eigenvalue weighted by molar-refractivity contribution is 0.329. The van der Waals surface area contributed by atoms with Crippen LogP contribution in [0.15, 0.2) is 0 Å². The molecule has 0 heteroatoms. The molecule has 0 radical (unpaired) electrons. The molecule has 0 bridgehead atoms. The van der Waals surface area contributed by atoms with Crippen LogP contribution < -0.4 is 0 Å². The van der Waals surface area contributed by atoms with E-state index >= 15 is 0 Å². The van der Waals surface area contributed by atoms with E-state index in [1.807, 2.05) is 0 Å². The van der Waals surface area contributed by atoms with E-state index in [4.69, 9.17) is 0 Å². The zero-order chi connectivity index (χ0) is 10.6. The Morgan fingerprint density at radius 2 is 1.43 bits per heavy atom. The number of hydrogen-bond acceptors (Lipinski definition) is 0. The van der Waals surface area contributed by atoms with Crippen LogP contribution >= 0.6 is 0 Å². The summed E-state index contributed by atoms with van der Waals surface area (Å²) in [5.41, 5.74) is 0. The molecule has 1 rings (SSSR count). The summed E-state index contributed by atoms with van der Waals surface area (Å²) in [5, 5.41) is 0. The first-order valence-corrected chi connectivity index (χ1v) is 6.85. The molecular formula is C14H30. The van der Waals surface area contributed by atoms with Gasteiger partial charge in [0, 0.05) is 0 Å². The lowest BCUT2D eigenvalue weighted by Gasteiger charge is -2.20. The average molecular weight is 198 g/mol. The van der Waals surface area contributed by atoms with Crippen LogP contribution in [0.5, 0.6) is 0 Å². The first-order valence-electron chi connectivity index (χ1n) is 6.85. The Balaban J connectivity index is 0.000000500. The summed E-state index contributed by atoms with van der Waals surface area (Å²) in [5.74, 6) is 1.11. The van der Waals surface area contributed by atoms with Crippen LogP contribution in [-0.2, 0) is 0 Å². The van der Waals surface area contributed by atoms with Gasteiger partial charge in [-0.05, 0) is 5.92 Å². The summed E-state index contributed by atoms with van der Waals surface area (Å²) in [7, 11) is 0. The lowest BCUT2D eigenvalue weighted by atomic mass is 9.86. The molecule has 1 aliphatic rings. The van der Waals surface area contributed by atoms with Crippen molar-refractivity contribution in [2.45, 2.75) is 85.0 Å². The fraction of sp³-hybridized carbons (Fsp3) is 1.00. The first kappa shape index (κ1) is 14.0. The highest BCUT2D eigenvalue weighted by Gasteiger charge is 2.11. The van der Waals surface area contributed by atoms with Gasteiger partial charge in [-0.1, -0.05) is 85.0 Å². The fourth-order valence-corrected chi connectivity index (χ4v) is 2.16. The molecule has 0 aromatic heterocycles. The molecule has 0 aromatic rings. The molecule has 0 heterocycles. The van der Waals surface area contributed by atoms with E-state index in [-0.39, 0.29) is 0 Å². The minimum absolute atomic E-state index is 1.11. The molecule has 0 N–H and O–H groups in total. The summed E-state index contributed by atoms with van der Waals surface area (Å²) in [6, 6.07) is 0. The third kappa shape index (κ3) is 8.59. The van der Waals surface area contributed by atoms with Crippen molar-refractivity contribution in [3.05, 3.63) is 0 Å². The Labute approximate surface area is 91.5 Å². The zero-order valence-corrected chi connectivity index (χ0v) is 10.6. The van der Waals surface area contributed by atoms with Crippen molar-refractivity contribution in [2.24, 2.45) is 5.92 Å². The van der Waals surface area contributed by atoms with E-state index in [9.17, 15) is 0 Å². The van der Waals surface area contributed by atoms with Crippen molar-refractivity contribution in [1.82, 2.24) is 0 Å². The van der Waals surface area contributed by atoms with Gasteiger partial charge in [-0.15, -0.1) is 0 Å². The highest BCUT2D eigenvalue weighted by atomic mass is 14.2. The van der Waals surface area contributed by atoms with Crippen molar-refractivity contribution in [3.63, 3.8) is 0 Å². The van der Waals surface area contributed by atoms with Gasteiger partial charge >= 0.3 is 0 Å². The predicted molar refractivity (Wildman–Crippen MR) is 66.7 cm³/mol. The topological polar surface area (TPSA) is 0 Å². The van der Waals surface area contributed by atoms with Crippen LogP contribution in [0.4, 0.5) is 0 Å². The molecule has 0 amide bonds. The summed E-state index contributed by atoms with van der Waals surface area (Å²) in [6.07, 6.45) is 14.7. The predicted octanol–water partition coefficient (Wildman–Crippen LogP) is 5.56. The van der Waals surface area contributed by atoms with Gasteiger partial charge in [0.15, 0.2) is 0 Å². The highest BCUT2D eigenvalue weighted by Crippen LogP contribution is 2.27. The Morgan fingerprint density at radius 3 is 1.93 bits per heavy atom. The summed E-state index contributed by atoms with van der Waals surface area (Å²) >= 11 is 0. The van der Waals surface area contributed by atoms with Gasteiger partial charge < -0.3 is 0 Å². The Morgan fingerprint density at radius 1 is 0.857 bits per heavy atom. The maximum absolute atomic E-state index is 2.29. The first-order chi connectivity index (χ1) is 6.85. The average Bonchev–Trinajstić information content (AvgIpc) is 2.21. The molecule has 1 fully saturated rings. The third-order valence-electron chi connectivity index (χ3n) is 2.94. The van der Waals surface area contributed by atoms with E-state index in [1.54, 1.807) is 0 Å². The fourth-order valence-electron chi connectivity index (χ4n) is 2.16. The van der Waals surface area contributed by atoms with Gasteiger partial charge in [-0.2, -0.15) is 0 Å². The standard InChI is InChI=1S/C11H22.C3H8/c1-2-3-5-8-11-9-6-4-7-10-11;1-3-2/h11H,2-10H2,1H3;3H2,1-2H3. The molecule has 0 spiro atoms. The highest BCUT2D eigenvalue weighted by molar-refractivity contribution is 4.65. The molecule has 0 unspecified atom stereocenters. The van der Waals surface area contributed by atoms with E-state index in [0.29, 0.717) is 0 Å². The van der Waals surface area contributed by atoms with Crippen LogP contribution in [0, 0.1) is 5.92 Å². The molecule has 1 saturated carbocycles. The molecule has 0 aliphatic heterocycles. The second kappa shape index (κ2) is 11.1. The largest absolute Gasteiger partial charge is 0.0656 e. The molecule has 0 nitrogen and oxygen atoms in total. The van der Waals surface area contributed by atoms with E-state index in [0.717, 1.165) is 5.92 Å². The molecule has 86 valence electrons. The molecule has 0 atom stereocenters. The van der Waals surface area contributed by atoms with Gasteiger partial charge in [0.1, 0.15) is 0 Å². The van der Waals surface area contributed by atoms with E-state index in [1.165, 1.54) is 64.2 Å². The maximum Gasteiger partial charge on any atom is -0.0414 e. The summed E-state index contributed by atoms with van der Waals surface area (Å²) < 4.78 is 0. The van der Waals surface area contributed by atoms with Crippen LogP contribution in [0.3, 0.4) is 0 Å². The second-order valence-electron chi connectivity index (χ2n) is 4.71. The van der Waals surface area contributed by atoms with Gasteiger partial charge in [-0.3, -0.25) is 0 Å². The van der Waals surface area contributed by atoms with Gasteiger partial charge in [0.25, 0.3) is 0 Å². The van der Waals surface area contributed by atoms with Crippen LogP contribution in [-0.4, -0.2) is 0 Å². The minimum atomic E-state index is 1.11. The van der Waals surface area contributed by atoms with Crippen molar-refractivity contribution in [3.8, 4) is 0 Å². The maximum atomic E-state index is 2.29. The molecule has 1 aliphatic carbocycles. The number of unbranched alkanes of at least 4 members (excludes halogenated alkanes) is 2. The van der Waals surface area contributed by atoms with Crippen LogP contribution in [0.2, 0.25) is 0 Å². The smallest absolute Gasteiger partial charge is 0.0414 e. The zero-order valence-electron chi connectivity index (χ0n) is 10.6. The van der Waals surface area contributed by atoms with Gasteiger partial charge in [0.2, 0.25) is 0 Å². The van der Waals surface area contributed by atoms with Crippen LogP contribution in [0.25, 0.3) is 0 Å². The summed E-state index contributed by atoms with van der Waals surface area (Å²) in [4.78, 5) is 0. The van der Waals surface area contributed by atoms with Crippen LogP contribution in [0.1, 0.15) is 85.0 Å². The van der Waals surface area contributed by atoms with Gasteiger partial charge in [0.05, 0.1) is 0 Å². The second-order valence-corrected chi connectivity index (χ2v) is 4.71. The van der Waals surface area contributed by atoms with E-state index in [2.05, 4.69) is 20.8 Å². The van der Waals surface area contributed by atoms with Crippen molar-refractivity contribution >= 4 is 0 Å². The van der Waals surface area contributed by atoms with Crippen molar-refractivity contribution < 1.29 is 0 Å². The summed E-state index contributed by atoms with van der Waals surface area (Å²) in [6.45, 7) is 6.54. The molecular weight excluding hydrogens is 168 g/mol. The minimum Gasteiger partial charge on any atom is -0.0656 e. The van der Waals surface area contributed by atoms with Crippen molar-refractivity contribution in [2.75, 3.05) is 0 Å². The quantitative estimate of drug-likeness (QED) is 0.518. The SMILES string of the molecule is CCC.CCCCCC1CCCCC1. The normalized spacial score (nSPS) is 17.4. The number of rotatable bonds is 4. The van der Waals surface area contributed by atoms with Crippen molar-refractivity contribution in [1.29, 1.82) is 0 Å². The Kier molecular flexibility index (Phi) is 11.1. The van der Waals surface area contributed by atoms with Gasteiger partial charge in [-0.25, -0.2) is 0 Å². The number of hydrogen-bond donors (Lipinski definition) is 0. The molecule has 0 saturated heterocycles. The monoisotopic (exact) mass is 198 g/mol. The third-order valence-corrected chi connectivity index (χ3v) is 2.94. The molecule has 0 aromatic carbocycles. The Hall–Kier alpha value is 0. The molecule has 14 heavy (non-hydrogen) atoms.